The van der Waals surface area contributed by atoms with Crippen LogP contribution in [0.4, 0.5) is 0 Å². The van der Waals surface area contributed by atoms with Crippen LogP contribution < -0.4 is 0 Å². The van der Waals surface area contributed by atoms with Crippen LogP contribution in [0.25, 0.3) is 18.2 Å². The first kappa shape index (κ1) is 105. The van der Waals surface area contributed by atoms with Crippen LogP contribution in [0.5, 0.6) is 0 Å². The van der Waals surface area contributed by atoms with E-state index in [1.807, 2.05) is 0 Å². The second kappa shape index (κ2) is 52.2. The van der Waals surface area contributed by atoms with Crippen LogP contribution in [0, 0.1) is 164 Å². The number of rotatable bonds is 0. The maximum atomic E-state index is 2.56. The number of fused-ring (bicyclic) bond motifs is 11. The number of aryl methyl sites for hydroxylation is 6. The molecule has 0 aromatic heterocycles. The van der Waals surface area contributed by atoms with Gasteiger partial charge in [0, 0.05) is 0 Å². The van der Waals surface area contributed by atoms with Gasteiger partial charge in [-0.1, -0.05) is 333 Å². The molecule has 18 aliphatic rings. The molecule has 7 saturated carbocycles. The van der Waals surface area contributed by atoms with E-state index in [4.69, 9.17) is 0 Å². The average molecular weight is 1780 g/mol. The topological polar surface area (TPSA) is 0 Å². The highest BCUT2D eigenvalue weighted by molar-refractivity contribution is 5.61. The van der Waals surface area contributed by atoms with Gasteiger partial charge in [0.1, 0.15) is 0 Å². The Balaban J connectivity index is 0.000000131. The summed E-state index contributed by atoms with van der Waals surface area (Å²) in [5.41, 5.74) is 32.1. The smallest absolute Gasteiger partial charge is 0.00669 e. The van der Waals surface area contributed by atoms with Crippen LogP contribution in [-0.4, -0.2) is 0 Å². The Kier molecular flexibility index (Phi) is 41.5. The van der Waals surface area contributed by atoms with Crippen LogP contribution >= 0.6 is 0 Å². The lowest BCUT2D eigenvalue weighted by molar-refractivity contribution is 0.180. The van der Waals surface area contributed by atoms with Crippen LogP contribution in [0.2, 0.25) is 0 Å². The van der Waals surface area contributed by atoms with Gasteiger partial charge in [-0.15, -0.1) is 0 Å². The summed E-state index contributed by atoms with van der Waals surface area (Å²) in [6.07, 6.45) is 89.2. The molecule has 4 aromatic rings. The predicted molar refractivity (Wildman–Crippen MR) is 583 cm³/mol. The number of allylic oxidation sites excluding steroid dienone is 19. The third-order valence-electron chi connectivity index (χ3n) is 35.6. The largest absolute Gasteiger partial charge is 0.0854 e. The molecule has 0 N–H and O–H groups in total. The summed E-state index contributed by atoms with van der Waals surface area (Å²) in [6, 6.07) is 26.9. The Labute approximate surface area is 814 Å². The lowest BCUT2D eigenvalue weighted by Crippen LogP contribution is -2.26. The van der Waals surface area contributed by atoms with E-state index in [0.717, 1.165) is 143 Å². The standard InChI is InChI=1S/7C12H20.4C12H14/c11*1-9-3-5-12-8-10(2)4-6-11(12)7-9/h2*7,10-12H,3-6,8H2,1-2H3;2*7,9-10,12H,3-6,8H2,1-2H3;5,9-11H,3-4,6-8H2,1-2H3;3,10-12H,4-8H2,1-2H3;3,5,9-12H,4,6-8H2,1-2H3;2*3,5,7-8H,4,6H2,1-2H3;3-5,7H,6,8H2,1-2H3;3-7,10H,8H2,1-2H3. The molecule has 23 atom stereocenters. The molecule has 22 rings (SSSR count). The molecule has 0 radical (unpaired) electrons. The predicted octanol–water partition coefficient (Wildman–Crippen LogP) is 39.2. The first-order valence-electron chi connectivity index (χ1n) is 56.1. The van der Waals surface area contributed by atoms with Crippen LogP contribution in [0.1, 0.15) is 423 Å². The summed E-state index contributed by atoms with van der Waals surface area (Å²) in [7, 11) is 0. The Morgan fingerprint density at radius 3 is 1.28 bits per heavy atom. The second-order valence-electron chi connectivity index (χ2n) is 49.2. The molecule has 0 aliphatic heterocycles. The molecule has 132 heavy (non-hydrogen) atoms. The zero-order chi connectivity index (χ0) is 94.1. The van der Waals surface area contributed by atoms with Crippen molar-refractivity contribution in [2.45, 2.75) is 416 Å². The summed E-state index contributed by atoms with van der Waals surface area (Å²) >= 11 is 0. The van der Waals surface area contributed by atoms with E-state index >= 15 is 0 Å². The molecule has 0 heterocycles. The van der Waals surface area contributed by atoms with Gasteiger partial charge in [0.25, 0.3) is 0 Å². The van der Waals surface area contributed by atoms with E-state index in [9.17, 15) is 0 Å². The molecule has 0 bridgehead atoms. The molecule has 0 spiro atoms. The fourth-order valence-electron chi connectivity index (χ4n) is 27.2. The lowest BCUT2D eigenvalue weighted by atomic mass is 9.68. The van der Waals surface area contributed by atoms with Gasteiger partial charge in [0.2, 0.25) is 0 Å². The van der Waals surface area contributed by atoms with Crippen molar-refractivity contribution in [1.82, 2.24) is 0 Å². The Morgan fingerprint density at radius 2 is 0.705 bits per heavy atom. The van der Waals surface area contributed by atoms with Gasteiger partial charge in [-0.25, -0.2) is 0 Å². The fraction of sp³-hybridized carbons (Fsp3) is 0.652. The van der Waals surface area contributed by atoms with Gasteiger partial charge in [-0.2, -0.15) is 0 Å². The molecule has 0 saturated heterocycles. The van der Waals surface area contributed by atoms with Gasteiger partial charge < -0.3 is 0 Å². The van der Waals surface area contributed by atoms with E-state index in [1.165, 1.54) is 334 Å². The number of hydrogen-bond acceptors (Lipinski definition) is 0. The number of hydrogen-bond donors (Lipinski definition) is 0. The monoisotopic (exact) mass is 1780 g/mol. The SMILES string of the molecule is CC1=CC2CCC(C)CC2CC1.CC1=CC2CCC(C)CC2CC1.CC1=CCC2CC(C)CCC2C1.CC1=CCc2cc(C)ccc2C1.CC1=Cc2ccc(C)cc2CC1.CC1=Cc2ccc(C)cc2CC1.CC1C=C2CCC(C)CC2CC1.CC1C=C2CCC(C)CC2CC1.CC1C=CC2CC(C)CCC2C1.CC1CCC2CC(C)CC=C2C1.Cc1ccc2c(c1)C=CC(C)C2. The van der Waals surface area contributed by atoms with Crippen molar-refractivity contribution in [3.05, 3.63) is 250 Å². The second-order valence-corrected chi connectivity index (χ2v) is 49.2. The van der Waals surface area contributed by atoms with Crippen LogP contribution in [0.15, 0.2) is 184 Å². The van der Waals surface area contributed by atoms with Crippen molar-refractivity contribution in [1.29, 1.82) is 0 Å². The summed E-state index contributed by atoms with van der Waals surface area (Å²) in [6.45, 7) is 50.8. The van der Waals surface area contributed by atoms with Gasteiger partial charge in [-0.3, -0.25) is 0 Å². The van der Waals surface area contributed by atoms with Crippen LogP contribution in [0.3, 0.4) is 0 Å². The molecule has 0 nitrogen and oxygen atoms in total. The third-order valence-corrected chi connectivity index (χ3v) is 35.6. The van der Waals surface area contributed by atoms with E-state index in [1.54, 1.807) is 33.4 Å². The van der Waals surface area contributed by atoms with E-state index < -0.39 is 0 Å². The van der Waals surface area contributed by atoms with Crippen molar-refractivity contribution < 1.29 is 0 Å². The molecule has 4 aromatic carbocycles. The molecule has 0 heteroatoms. The zero-order valence-electron chi connectivity index (χ0n) is 89.2. The summed E-state index contributed by atoms with van der Waals surface area (Å²) in [4.78, 5) is 0. The fourth-order valence-corrected chi connectivity index (χ4v) is 27.2. The highest BCUT2D eigenvalue weighted by Gasteiger charge is 2.36. The summed E-state index contributed by atoms with van der Waals surface area (Å²) in [5.74, 6) is 22.1. The molecular weight excluding hydrogens is 1590 g/mol. The van der Waals surface area contributed by atoms with Gasteiger partial charge in [-0.05, 0) is 487 Å². The molecule has 23 unspecified atom stereocenters. The minimum absolute atomic E-state index is 0.709. The molecule has 0 amide bonds. The van der Waals surface area contributed by atoms with Crippen molar-refractivity contribution >= 4 is 18.2 Å². The van der Waals surface area contributed by atoms with E-state index in [0.29, 0.717) is 5.92 Å². The van der Waals surface area contributed by atoms with Crippen molar-refractivity contribution in [3.63, 3.8) is 0 Å². The first-order valence-corrected chi connectivity index (χ1v) is 56.1. The van der Waals surface area contributed by atoms with Crippen molar-refractivity contribution in [2.75, 3.05) is 0 Å². The quantitative estimate of drug-likeness (QED) is 0.154. The normalized spacial score (nSPS) is 33.2. The highest BCUT2D eigenvalue weighted by atomic mass is 14.4. The molecule has 7 fully saturated rings. The average Bonchev–Trinajstić information content (AvgIpc) is 0.913. The third kappa shape index (κ3) is 33.7. The lowest BCUT2D eigenvalue weighted by Gasteiger charge is -2.37. The molecule has 724 valence electrons. The summed E-state index contributed by atoms with van der Waals surface area (Å²) in [5, 5.41) is 0. The van der Waals surface area contributed by atoms with Gasteiger partial charge >= 0.3 is 0 Å². The minimum Gasteiger partial charge on any atom is -0.0854 e. The summed E-state index contributed by atoms with van der Waals surface area (Å²) < 4.78 is 0. The van der Waals surface area contributed by atoms with Gasteiger partial charge in [0.15, 0.2) is 0 Å². The van der Waals surface area contributed by atoms with E-state index in [2.05, 4.69) is 304 Å². The minimum atomic E-state index is 0.709. The maximum absolute atomic E-state index is 2.56. The maximum Gasteiger partial charge on any atom is -0.00669 e. The number of benzene rings is 4. The zero-order valence-corrected chi connectivity index (χ0v) is 89.2. The Morgan fingerprint density at radius 1 is 0.235 bits per heavy atom. The Hall–Kier alpha value is -5.98. The highest BCUT2D eigenvalue weighted by Crippen LogP contribution is 2.48. The van der Waals surface area contributed by atoms with Crippen molar-refractivity contribution in [2.24, 2.45) is 136 Å². The van der Waals surface area contributed by atoms with Crippen LogP contribution in [-0.2, 0) is 32.1 Å². The first-order chi connectivity index (χ1) is 63.3. The van der Waals surface area contributed by atoms with Crippen molar-refractivity contribution in [3.8, 4) is 0 Å². The van der Waals surface area contributed by atoms with E-state index in [-0.39, 0.29) is 0 Å². The van der Waals surface area contributed by atoms with Gasteiger partial charge in [0.05, 0.1) is 0 Å². The molecular formula is C132H196. The molecule has 18 aliphatic carbocycles. The Bertz CT molecular complexity index is 4460.